The van der Waals surface area contributed by atoms with E-state index in [1.165, 1.54) is 12.1 Å². The zero-order valence-electron chi connectivity index (χ0n) is 22.8. The summed E-state index contributed by atoms with van der Waals surface area (Å²) < 4.78 is 35.7. The minimum Gasteiger partial charge on any atom is -0.494 e. The monoisotopic (exact) mass is 544 g/mol. The number of alkyl carbamates (subject to hydrolysis) is 1. The first kappa shape index (κ1) is 29.3. The van der Waals surface area contributed by atoms with Gasteiger partial charge in [0.2, 0.25) is 0 Å². The van der Waals surface area contributed by atoms with Gasteiger partial charge in [-0.15, -0.1) is 0 Å². The molecule has 0 radical (unpaired) electrons. The minimum atomic E-state index is -0.805. The Kier molecular flexibility index (Phi) is 11.0. The first-order valence-corrected chi connectivity index (χ1v) is 13.9. The third kappa shape index (κ3) is 9.17. The molecule has 1 amide bonds. The second-order valence-electron chi connectivity index (χ2n) is 10.8. The van der Waals surface area contributed by atoms with Crippen LogP contribution in [0.1, 0.15) is 37.8 Å². The second-order valence-corrected chi connectivity index (χ2v) is 10.8. The summed E-state index contributed by atoms with van der Waals surface area (Å²) in [5.41, 5.74) is 2.03. The third-order valence-corrected chi connectivity index (χ3v) is 7.09. The second kappa shape index (κ2) is 14.6. The summed E-state index contributed by atoms with van der Waals surface area (Å²) in [6.45, 7) is 6.79. The van der Waals surface area contributed by atoms with Crippen LogP contribution in [-0.2, 0) is 27.1 Å². The Balaban J connectivity index is 1.28. The molecule has 2 aromatic rings. The van der Waals surface area contributed by atoms with Crippen molar-refractivity contribution < 1.29 is 33.2 Å². The van der Waals surface area contributed by atoms with E-state index in [1.54, 1.807) is 12.1 Å². The van der Waals surface area contributed by atoms with Crippen LogP contribution in [0.2, 0.25) is 0 Å². The number of ether oxygens (including phenoxy) is 4. The molecule has 2 fully saturated rings. The Morgan fingerprint density at radius 2 is 1.82 bits per heavy atom. The minimum absolute atomic E-state index is 0.0510. The normalized spacial score (nSPS) is 21.9. The number of halogens is 1. The predicted octanol–water partition coefficient (Wildman–Crippen LogP) is 3.84. The molecule has 5 atom stereocenters. The summed E-state index contributed by atoms with van der Waals surface area (Å²) in [5, 5.41) is 17.1. The Labute approximate surface area is 230 Å². The molecular weight excluding hydrogens is 503 g/mol. The molecule has 2 saturated heterocycles. The van der Waals surface area contributed by atoms with Crippen molar-refractivity contribution in [2.45, 2.75) is 64.1 Å². The molecular formula is C30H41FN2O6. The molecule has 0 bridgehead atoms. The average molecular weight is 545 g/mol. The van der Waals surface area contributed by atoms with E-state index in [9.17, 15) is 14.3 Å². The largest absolute Gasteiger partial charge is 0.494 e. The molecule has 3 N–H and O–H groups in total. The lowest BCUT2D eigenvalue weighted by molar-refractivity contribution is -0.0907. The summed E-state index contributed by atoms with van der Waals surface area (Å²) in [7, 11) is 0. The van der Waals surface area contributed by atoms with E-state index in [-0.39, 0.29) is 24.1 Å². The van der Waals surface area contributed by atoms with Crippen molar-refractivity contribution in [3.8, 4) is 5.75 Å². The molecule has 2 aromatic carbocycles. The van der Waals surface area contributed by atoms with Gasteiger partial charge in [-0.2, -0.15) is 0 Å². The smallest absolute Gasteiger partial charge is 0.407 e. The predicted molar refractivity (Wildman–Crippen MR) is 145 cm³/mol. The van der Waals surface area contributed by atoms with Gasteiger partial charge in [-0.3, -0.25) is 0 Å². The van der Waals surface area contributed by atoms with Crippen LogP contribution >= 0.6 is 0 Å². The van der Waals surface area contributed by atoms with Crippen molar-refractivity contribution in [2.75, 3.05) is 32.9 Å². The number of aliphatic hydroxyl groups excluding tert-OH is 1. The van der Waals surface area contributed by atoms with E-state index in [4.69, 9.17) is 18.9 Å². The van der Waals surface area contributed by atoms with Crippen molar-refractivity contribution in [2.24, 2.45) is 11.8 Å². The number of aryl methyl sites for hydroxylation is 1. The van der Waals surface area contributed by atoms with E-state index in [1.807, 2.05) is 24.3 Å². The number of rotatable bonds is 14. The molecule has 8 nitrogen and oxygen atoms in total. The maximum absolute atomic E-state index is 13.0. The van der Waals surface area contributed by atoms with Crippen LogP contribution in [0, 0.1) is 17.7 Å². The molecule has 2 heterocycles. The molecule has 4 rings (SSSR count). The number of nitrogens with one attached hydrogen (secondary N) is 2. The lowest BCUT2D eigenvalue weighted by atomic mass is 10.0. The zero-order chi connectivity index (χ0) is 27.6. The number of amides is 1. The van der Waals surface area contributed by atoms with Crippen LogP contribution in [0.15, 0.2) is 48.5 Å². The molecule has 9 heteroatoms. The number of aliphatic hydroxyl groups is 1. The lowest BCUT2D eigenvalue weighted by Crippen LogP contribution is -2.50. The van der Waals surface area contributed by atoms with Gasteiger partial charge in [-0.05, 0) is 73.5 Å². The number of carbonyl (C=O) groups is 1. The van der Waals surface area contributed by atoms with Crippen LogP contribution in [0.25, 0.3) is 0 Å². The molecule has 0 aliphatic carbocycles. The van der Waals surface area contributed by atoms with Gasteiger partial charge in [0.1, 0.15) is 17.7 Å². The van der Waals surface area contributed by atoms with Gasteiger partial charge >= 0.3 is 6.09 Å². The van der Waals surface area contributed by atoms with Gasteiger partial charge < -0.3 is 34.7 Å². The van der Waals surface area contributed by atoms with Crippen LogP contribution in [0.3, 0.4) is 0 Å². The van der Waals surface area contributed by atoms with Crippen LogP contribution in [0.5, 0.6) is 5.75 Å². The van der Waals surface area contributed by atoms with Gasteiger partial charge in [0, 0.05) is 6.54 Å². The Hall–Kier alpha value is -2.72. The molecule has 214 valence electrons. The Bertz CT molecular complexity index is 1020. The fourth-order valence-corrected chi connectivity index (χ4v) is 4.91. The van der Waals surface area contributed by atoms with E-state index in [2.05, 4.69) is 24.5 Å². The molecule has 0 aromatic heterocycles. The number of benzene rings is 2. The van der Waals surface area contributed by atoms with E-state index in [0.29, 0.717) is 38.7 Å². The van der Waals surface area contributed by atoms with Crippen LogP contribution in [-0.4, -0.2) is 68.6 Å². The highest BCUT2D eigenvalue weighted by atomic mass is 19.1. The lowest BCUT2D eigenvalue weighted by Gasteiger charge is -2.26. The molecule has 39 heavy (non-hydrogen) atoms. The Morgan fingerprint density at radius 3 is 2.56 bits per heavy atom. The zero-order valence-corrected chi connectivity index (χ0v) is 22.8. The van der Waals surface area contributed by atoms with Crippen molar-refractivity contribution in [3.63, 3.8) is 0 Å². The van der Waals surface area contributed by atoms with Crippen molar-refractivity contribution in [1.82, 2.24) is 10.6 Å². The number of hydrogen-bond donors (Lipinski definition) is 3. The van der Waals surface area contributed by atoms with Gasteiger partial charge in [-0.25, -0.2) is 9.18 Å². The first-order chi connectivity index (χ1) is 18.9. The maximum atomic E-state index is 13.0. The van der Waals surface area contributed by atoms with Gasteiger partial charge in [0.25, 0.3) is 0 Å². The summed E-state index contributed by atoms with van der Waals surface area (Å²) in [4.78, 5) is 12.8. The van der Waals surface area contributed by atoms with Gasteiger partial charge in [0.05, 0.1) is 37.9 Å². The summed E-state index contributed by atoms with van der Waals surface area (Å²) in [6, 6.07) is 13.6. The highest BCUT2D eigenvalue weighted by molar-refractivity contribution is 5.68. The molecule has 2 aliphatic rings. The van der Waals surface area contributed by atoms with Crippen LogP contribution in [0.4, 0.5) is 9.18 Å². The average Bonchev–Trinajstić information content (AvgIpc) is 3.53. The first-order valence-electron chi connectivity index (χ1n) is 13.9. The fourth-order valence-electron chi connectivity index (χ4n) is 4.91. The topological polar surface area (TPSA) is 98.3 Å². The van der Waals surface area contributed by atoms with Crippen LogP contribution < -0.4 is 15.4 Å². The number of hydrogen-bond acceptors (Lipinski definition) is 7. The highest BCUT2D eigenvalue weighted by Gasteiger charge is 2.44. The third-order valence-electron chi connectivity index (χ3n) is 7.09. The highest BCUT2D eigenvalue weighted by Crippen LogP contribution is 2.33. The summed E-state index contributed by atoms with van der Waals surface area (Å²) in [5.74, 6) is 1.01. The standard InChI is InChI=1S/C30H41FN2O6/c1-20(2)17-32-18-27(34)26(33-30(35)39-28-19-38-29-25(28)13-15-37-29)16-22-7-11-24(12-8-22)36-14-3-4-21-5-9-23(31)10-6-21/h5-12,20,25-29,32,34H,3-4,13-19H2,1-2H3,(H,33,35)/t25?,26-,27+,28-,29?/m0/s1. The number of carbonyl (C=O) groups excluding carboxylic acids is 1. The fraction of sp³-hybridized carbons (Fsp3) is 0.567. The number of fused-ring (bicyclic) bond motifs is 1. The van der Waals surface area contributed by atoms with E-state index < -0.39 is 18.2 Å². The van der Waals surface area contributed by atoms with E-state index in [0.717, 1.165) is 42.7 Å². The van der Waals surface area contributed by atoms with E-state index >= 15 is 0 Å². The maximum Gasteiger partial charge on any atom is 0.407 e. The van der Waals surface area contributed by atoms with Crippen molar-refractivity contribution in [3.05, 3.63) is 65.5 Å². The van der Waals surface area contributed by atoms with Gasteiger partial charge in [-0.1, -0.05) is 38.1 Å². The van der Waals surface area contributed by atoms with Crippen molar-refractivity contribution in [1.29, 1.82) is 0 Å². The summed E-state index contributed by atoms with van der Waals surface area (Å²) >= 11 is 0. The van der Waals surface area contributed by atoms with Gasteiger partial charge in [0.15, 0.2) is 6.29 Å². The molecule has 0 spiro atoms. The van der Waals surface area contributed by atoms with Crippen molar-refractivity contribution >= 4 is 6.09 Å². The SMILES string of the molecule is CC(C)CNC[C@@H](O)[C@H](Cc1ccc(OCCCc2ccc(F)cc2)cc1)NC(=O)O[C@H]1COC2OCCC21. The Morgan fingerprint density at radius 1 is 1.08 bits per heavy atom. The molecule has 2 unspecified atom stereocenters. The molecule has 2 aliphatic heterocycles. The summed E-state index contributed by atoms with van der Waals surface area (Å²) in [6.07, 6.45) is 0.839. The molecule has 0 saturated carbocycles. The quantitative estimate of drug-likeness (QED) is 0.311.